The molecule has 0 aliphatic rings. The first kappa shape index (κ1) is 12.9. The van der Waals surface area contributed by atoms with Crippen molar-refractivity contribution in [1.29, 1.82) is 5.41 Å². The number of methoxy groups -OCH3 is 1. The van der Waals surface area contributed by atoms with Gasteiger partial charge in [0.1, 0.15) is 11.3 Å². The van der Waals surface area contributed by atoms with Crippen LogP contribution in [0.25, 0.3) is 11.3 Å². The molecule has 0 amide bonds. The van der Waals surface area contributed by atoms with Crippen LogP contribution in [-0.2, 0) is 11.3 Å². The van der Waals surface area contributed by atoms with E-state index >= 15 is 0 Å². The Morgan fingerprint density at radius 1 is 1.58 bits per heavy atom. The second kappa shape index (κ2) is 4.97. The molecule has 7 heteroatoms. The quantitative estimate of drug-likeness (QED) is 0.634. The Bertz CT molecular complexity index is 672. The number of ether oxygens (including phenoxy) is 1. The smallest absolute Gasteiger partial charge is 0.342 e. The lowest BCUT2D eigenvalue weighted by molar-refractivity contribution is 0.0595. The van der Waals surface area contributed by atoms with Crippen LogP contribution < -0.4 is 5.36 Å². The average molecular weight is 262 g/mol. The summed E-state index contributed by atoms with van der Waals surface area (Å²) in [5.74, 6) is -0.673. The van der Waals surface area contributed by atoms with Crippen molar-refractivity contribution >= 4 is 5.97 Å². The molecule has 2 N–H and O–H groups in total. The molecule has 0 aliphatic carbocycles. The Labute approximate surface area is 109 Å². The minimum Gasteiger partial charge on any atom is -0.465 e. The van der Waals surface area contributed by atoms with E-state index in [0.717, 1.165) is 4.73 Å². The van der Waals surface area contributed by atoms with Gasteiger partial charge in [-0.15, -0.1) is 0 Å². The van der Waals surface area contributed by atoms with Gasteiger partial charge in [0.25, 0.3) is 0 Å². The van der Waals surface area contributed by atoms with Crippen LogP contribution in [0.4, 0.5) is 0 Å². The number of carbonyl (C=O) groups excluding carboxylic acids is 1. The third-order valence-electron chi connectivity index (χ3n) is 2.74. The zero-order chi connectivity index (χ0) is 14.0. The molecule has 0 saturated heterocycles. The number of nitrogens with one attached hydrogen (secondary N) is 1. The van der Waals surface area contributed by atoms with Crippen LogP contribution in [0.2, 0.25) is 0 Å². The summed E-state index contributed by atoms with van der Waals surface area (Å²) in [5.41, 5.74) is 0.737. The van der Waals surface area contributed by atoms with Crippen molar-refractivity contribution in [3.63, 3.8) is 0 Å². The summed E-state index contributed by atoms with van der Waals surface area (Å²) in [4.78, 5) is 11.8. The number of aryl methyl sites for hydroxylation is 1. The van der Waals surface area contributed by atoms with E-state index in [1.54, 1.807) is 10.9 Å². The van der Waals surface area contributed by atoms with Gasteiger partial charge in [0.2, 0.25) is 0 Å². The lowest BCUT2D eigenvalue weighted by Crippen LogP contribution is -2.20. The molecule has 0 aliphatic heterocycles. The van der Waals surface area contributed by atoms with Crippen molar-refractivity contribution in [2.75, 3.05) is 7.11 Å². The van der Waals surface area contributed by atoms with E-state index in [0.29, 0.717) is 12.1 Å². The average Bonchev–Trinajstić information content (AvgIpc) is 2.88. The third kappa shape index (κ3) is 2.22. The summed E-state index contributed by atoms with van der Waals surface area (Å²) in [5, 5.41) is 21.7. The third-order valence-corrected chi connectivity index (χ3v) is 2.74. The fraction of sp³-hybridized carbons (Fsp3) is 0.250. The normalized spacial score (nSPS) is 10.4. The zero-order valence-corrected chi connectivity index (χ0v) is 10.6. The molecule has 0 spiro atoms. The fourth-order valence-corrected chi connectivity index (χ4v) is 1.79. The summed E-state index contributed by atoms with van der Waals surface area (Å²) in [6, 6.07) is 1.32. The number of nitrogens with zero attached hydrogens (tertiary/aromatic N) is 3. The lowest BCUT2D eigenvalue weighted by Gasteiger charge is -2.10. The molecule has 0 unspecified atom stereocenters. The van der Waals surface area contributed by atoms with Gasteiger partial charge in [-0.25, -0.2) is 4.79 Å². The predicted molar refractivity (Wildman–Crippen MR) is 65.7 cm³/mol. The maximum Gasteiger partial charge on any atom is 0.342 e. The molecule has 100 valence electrons. The summed E-state index contributed by atoms with van der Waals surface area (Å²) in [7, 11) is 1.23. The van der Waals surface area contributed by atoms with Gasteiger partial charge < -0.3 is 9.94 Å². The number of carbonyl (C=O) groups is 1. The number of hydrogen-bond donors (Lipinski definition) is 2. The van der Waals surface area contributed by atoms with Gasteiger partial charge in [-0.1, -0.05) is 0 Å². The summed E-state index contributed by atoms with van der Waals surface area (Å²) < 4.78 is 7.11. The minimum absolute atomic E-state index is 0.00292. The molecule has 2 aromatic rings. The minimum atomic E-state index is -0.673. The van der Waals surface area contributed by atoms with E-state index in [-0.39, 0.29) is 16.6 Å². The largest absolute Gasteiger partial charge is 0.465 e. The predicted octanol–water partition coefficient (Wildman–Crippen LogP) is 0.875. The number of rotatable bonds is 3. The van der Waals surface area contributed by atoms with E-state index < -0.39 is 5.97 Å². The van der Waals surface area contributed by atoms with Crippen molar-refractivity contribution < 1.29 is 14.7 Å². The number of hydrogen-bond acceptors (Lipinski definition) is 5. The molecule has 0 bridgehead atoms. The van der Waals surface area contributed by atoms with Gasteiger partial charge in [-0.2, -0.15) is 9.83 Å². The van der Waals surface area contributed by atoms with Gasteiger partial charge in [0.15, 0.2) is 0 Å². The first-order valence-electron chi connectivity index (χ1n) is 5.69. The second-order valence-corrected chi connectivity index (χ2v) is 3.87. The van der Waals surface area contributed by atoms with E-state index in [1.807, 2.05) is 6.92 Å². The molecule has 0 radical (unpaired) electrons. The van der Waals surface area contributed by atoms with Crippen LogP contribution in [0, 0.1) is 5.41 Å². The molecule has 0 saturated carbocycles. The van der Waals surface area contributed by atoms with Gasteiger partial charge >= 0.3 is 5.97 Å². The summed E-state index contributed by atoms with van der Waals surface area (Å²) in [6.45, 7) is 2.59. The Hall–Kier alpha value is -2.57. The number of aromatic nitrogens is 3. The van der Waals surface area contributed by atoms with Gasteiger partial charge in [-0.05, 0) is 13.0 Å². The van der Waals surface area contributed by atoms with Crippen molar-refractivity contribution in [2.24, 2.45) is 0 Å². The maximum absolute atomic E-state index is 11.8. The molecule has 0 fully saturated rings. The summed E-state index contributed by atoms with van der Waals surface area (Å²) in [6.07, 6.45) is 4.51. The standard InChI is InChI=1S/C12H14N4O3/c1-3-15-7-8(6-14-15)11-10(12(17)19-2)9(13)4-5-16(11)18/h4-7,13,18H,3H2,1-2H3. The Morgan fingerprint density at radius 3 is 2.89 bits per heavy atom. The van der Waals surface area contributed by atoms with Crippen molar-refractivity contribution in [3.8, 4) is 11.3 Å². The number of pyridine rings is 1. The molecule has 2 aromatic heterocycles. The lowest BCUT2D eigenvalue weighted by atomic mass is 10.1. The molecule has 19 heavy (non-hydrogen) atoms. The van der Waals surface area contributed by atoms with Gasteiger partial charge in [-0.3, -0.25) is 10.1 Å². The van der Waals surface area contributed by atoms with Crippen LogP contribution in [0.15, 0.2) is 24.7 Å². The molecule has 2 rings (SSSR count). The van der Waals surface area contributed by atoms with Gasteiger partial charge in [0, 0.05) is 24.5 Å². The molecule has 0 atom stereocenters. The highest BCUT2D eigenvalue weighted by atomic mass is 16.5. The Balaban J connectivity index is 2.70. The molecule has 2 heterocycles. The van der Waals surface area contributed by atoms with Crippen LogP contribution in [-0.4, -0.2) is 32.8 Å². The maximum atomic E-state index is 11.8. The van der Waals surface area contributed by atoms with E-state index in [9.17, 15) is 10.0 Å². The zero-order valence-electron chi connectivity index (χ0n) is 10.6. The monoisotopic (exact) mass is 262 g/mol. The van der Waals surface area contributed by atoms with Crippen LogP contribution in [0.1, 0.15) is 17.3 Å². The van der Waals surface area contributed by atoms with Gasteiger partial charge in [0.05, 0.1) is 18.7 Å². The highest BCUT2D eigenvalue weighted by molar-refractivity contribution is 5.95. The van der Waals surface area contributed by atoms with Crippen LogP contribution >= 0.6 is 0 Å². The highest BCUT2D eigenvalue weighted by Gasteiger charge is 2.20. The Kier molecular flexibility index (Phi) is 3.37. The highest BCUT2D eigenvalue weighted by Crippen LogP contribution is 2.20. The molecule has 0 aromatic carbocycles. The first-order chi connectivity index (χ1) is 9.08. The van der Waals surface area contributed by atoms with Crippen LogP contribution in [0.5, 0.6) is 0 Å². The molecular formula is C12H14N4O3. The van der Waals surface area contributed by atoms with E-state index in [2.05, 4.69) is 9.84 Å². The second-order valence-electron chi connectivity index (χ2n) is 3.87. The Morgan fingerprint density at radius 2 is 2.32 bits per heavy atom. The van der Waals surface area contributed by atoms with Crippen molar-refractivity contribution in [3.05, 3.63) is 35.6 Å². The molecule has 7 nitrogen and oxygen atoms in total. The first-order valence-corrected chi connectivity index (χ1v) is 5.69. The molecular weight excluding hydrogens is 248 g/mol. The van der Waals surface area contributed by atoms with E-state index in [1.165, 1.54) is 25.6 Å². The van der Waals surface area contributed by atoms with E-state index in [4.69, 9.17) is 5.41 Å². The van der Waals surface area contributed by atoms with Crippen LogP contribution in [0.3, 0.4) is 0 Å². The topological polar surface area (TPSA) is 93.1 Å². The fourth-order valence-electron chi connectivity index (χ4n) is 1.79. The summed E-state index contributed by atoms with van der Waals surface area (Å²) >= 11 is 0. The van der Waals surface area contributed by atoms with Crippen molar-refractivity contribution in [2.45, 2.75) is 13.5 Å². The number of esters is 1. The van der Waals surface area contributed by atoms with Crippen molar-refractivity contribution in [1.82, 2.24) is 14.5 Å². The SMILES string of the molecule is CCn1cc(-c2c(C(=O)OC)c(=N)ccn2O)cn1.